The minimum absolute atomic E-state index is 0.117. The van der Waals surface area contributed by atoms with E-state index >= 15 is 0 Å². The highest BCUT2D eigenvalue weighted by atomic mass is 16.4. The number of carboxylic acids is 1. The zero-order valence-electron chi connectivity index (χ0n) is 11.8. The lowest BCUT2D eigenvalue weighted by atomic mass is 9.93. The Balaban J connectivity index is 4.34. The van der Waals surface area contributed by atoms with Crippen molar-refractivity contribution in [2.45, 2.75) is 46.6 Å². The van der Waals surface area contributed by atoms with E-state index in [0.29, 0.717) is 18.9 Å². The fourth-order valence-corrected chi connectivity index (χ4v) is 1.94. The van der Waals surface area contributed by atoms with E-state index in [9.17, 15) is 9.59 Å². The van der Waals surface area contributed by atoms with Gasteiger partial charge in [0.1, 0.15) is 6.04 Å². The molecule has 0 heterocycles. The molecule has 0 aliphatic carbocycles. The van der Waals surface area contributed by atoms with Crippen LogP contribution in [0.5, 0.6) is 0 Å². The summed E-state index contributed by atoms with van der Waals surface area (Å²) in [5, 5.41) is 11.5. The molecule has 0 aromatic carbocycles. The first-order valence-corrected chi connectivity index (χ1v) is 6.50. The van der Waals surface area contributed by atoms with Crippen molar-refractivity contribution in [1.29, 1.82) is 0 Å². The standard InChI is InChI=1S/C13H26N2O3/c1-8(2)5-10(7-14)6-11(16)15-12(9(3)4)13(17)18/h8-10,12H,5-7,14H2,1-4H3,(H,15,16)(H,17,18)/t10-,12?/m0/s1. The lowest BCUT2D eigenvalue weighted by Crippen LogP contribution is -2.45. The van der Waals surface area contributed by atoms with Gasteiger partial charge in [0.25, 0.3) is 0 Å². The van der Waals surface area contributed by atoms with Crippen molar-refractivity contribution in [3.8, 4) is 0 Å². The van der Waals surface area contributed by atoms with E-state index < -0.39 is 12.0 Å². The van der Waals surface area contributed by atoms with Crippen molar-refractivity contribution >= 4 is 11.9 Å². The van der Waals surface area contributed by atoms with Crippen LogP contribution in [0.3, 0.4) is 0 Å². The van der Waals surface area contributed by atoms with Crippen LogP contribution in [-0.4, -0.2) is 29.6 Å². The van der Waals surface area contributed by atoms with Crippen LogP contribution in [0.25, 0.3) is 0 Å². The summed E-state index contributed by atoms with van der Waals surface area (Å²) in [6.45, 7) is 8.15. The average Bonchev–Trinajstić information content (AvgIpc) is 2.23. The number of nitrogens with two attached hydrogens (primary N) is 1. The van der Waals surface area contributed by atoms with Gasteiger partial charge in [-0.25, -0.2) is 4.79 Å². The second kappa shape index (κ2) is 8.08. The molecule has 5 nitrogen and oxygen atoms in total. The van der Waals surface area contributed by atoms with Crippen LogP contribution in [0.2, 0.25) is 0 Å². The molecule has 1 unspecified atom stereocenters. The highest BCUT2D eigenvalue weighted by Crippen LogP contribution is 2.14. The third kappa shape index (κ3) is 6.59. The Morgan fingerprint density at radius 1 is 1.22 bits per heavy atom. The van der Waals surface area contributed by atoms with Crippen molar-refractivity contribution in [3.63, 3.8) is 0 Å². The second-order valence-electron chi connectivity index (χ2n) is 5.56. The average molecular weight is 258 g/mol. The molecule has 1 amide bonds. The minimum Gasteiger partial charge on any atom is -0.480 e. The van der Waals surface area contributed by atoms with E-state index in [2.05, 4.69) is 19.2 Å². The van der Waals surface area contributed by atoms with Crippen LogP contribution in [0.4, 0.5) is 0 Å². The van der Waals surface area contributed by atoms with Gasteiger partial charge in [0.15, 0.2) is 0 Å². The molecule has 106 valence electrons. The van der Waals surface area contributed by atoms with Crippen LogP contribution in [-0.2, 0) is 9.59 Å². The van der Waals surface area contributed by atoms with Gasteiger partial charge in [-0.1, -0.05) is 27.7 Å². The number of carbonyl (C=O) groups is 2. The van der Waals surface area contributed by atoms with Crippen LogP contribution in [0, 0.1) is 17.8 Å². The minimum atomic E-state index is -0.994. The zero-order valence-corrected chi connectivity index (χ0v) is 11.8. The Morgan fingerprint density at radius 2 is 1.78 bits per heavy atom. The van der Waals surface area contributed by atoms with Crippen molar-refractivity contribution in [2.24, 2.45) is 23.5 Å². The molecule has 4 N–H and O–H groups in total. The highest BCUT2D eigenvalue weighted by molar-refractivity contribution is 5.83. The number of hydrogen-bond donors (Lipinski definition) is 3. The van der Waals surface area contributed by atoms with E-state index in [1.54, 1.807) is 13.8 Å². The number of aliphatic carboxylic acids is 1. The summed E-state index contributed by atoms with van der Waals surface area (Å²) in [6.07, 6.45) is 1.18. The quantitative estimate of drug-likeness (QED) is 0.610. The molecule has 5 heteroatoms. The molecule has 18 heavy (non-hydrogen) atoms. The number of carboxylic acid groups (broad SMARTS) is 1. The molecule has 0 spiro atoms. The topological polar surface area (TPSA) is 92.4 Å². The molecular weight excluding hydrogens is 232 g/mol. The molecule has 0 rings (SSSR count). The molecule has 0 saturated carbocycles. The fraction of sp³-hybridized carbons (Fsp3) is 0.846. The molecule has 0 aliphatic rings. The number of nitrogens with one attached hydrogen (secondary N) is 1. The first kappa shape index (κ1) is 16.9. The molecule has 0 aromatic heterocycles. The first-order valence-electron chi connectivity index (χ1n) is 6.50. The Labute approximate surface area is 109 Å². The molecule has 0 saturated heterocycles. The molecule has 0 radical (unpaired) electrons. The van der Waals surface area contributed by atoms with E-state index in [1.807, 2.05) is 0 Å². The summed E-state index contributed by atoms with van der Waals surface area (Å²) >= 11 is 0. The van der Waals surface area contributed by atoms with Gasteiger partial charge in [-0.05, 0) is 30.7 Å². The maximum Gasteiger partial charge on any atom is 0.326 e. The highest BCUT2D eigenvalue weighted by Gasteiger charge is 2.24. The number of hydrogen-bond acceptors (Lipinski definition) is 3. The van der Waals surface area contributed by atoms with Crippen molar-refractivity contribution in [3.05, 3.63) is 0 Å². The Morgan fingerprint density at radius 3 is 2.11 bits per heavy atom. The molecule has 0 fully saturated rings. The monoisotopic (exact) mass is 258 g/mol. The van der Waals surface area contributed by atoms with Gasteiger partial charge in [0.05, 0.1) is 0 Å². The van der Waals surface area contributed by atoms with Gasteiger partial charge >= 0.3 is 5.97 Å². The molecular formula is C13H26N2O3. The molecule has 0 aromatic rings. The first-order chi connectivity index (χ1) is 8.27. The van der Waals surface area contributed by atoms with E-state index in [0.717, 1.165) is 6.42 Å². The summed E-state index contributed by atoms with van der Waals surface area (Å²) in [4.78, 5) is 22.8. The van der Waals surface area contributed by atoms with Gasteiger partial charge in [0.2, 0.25) is 5.91 Å². The third-order valence-corrected chi connectivity index (χ3v) is 2.86. The summed E-state index contributed by atoms with van der Waals surface area (Å²) in [6, 6.07) is -0.824. The third-order valence-electron chi connectivity index (χ3n) is 2.86. The summed E-state index contributed by atoms with van der Waals surface area (Å²) in [5.74, 6) is -0.759. The van der Waals surface area contributed by atoms with Crippen molar-refractivity contribution in [2.75, 3.05) is 6.54 Å². The zero-order chi connectivity index (χ0) is 14.3. The summed E-state index contributed by atoms with van der Waals surface area (Å²) in [7, 11) is 0. The van der Waals surface area contributed by atoms with Crippen LogP contribution >= 0.6 is 0 Å². The van der Waals surface area contributed by atoms with Gasteiger partial charge in [-0.2, -0.15) is 0 Å². The fourth-order valence-electron chi connectivity index (χ4n) is 1.94. The van der Waals surface area contributed by atoms with E-state index in [-0.39, 0.29) is 17.7 Å². The van der Waals surface area contributed by atoms with E-state index in [1.165, 1.54) is 0 Å². The van der Waals surface area contributed by atoms with Crippen LogP contribution in [0.15, 0.2) is 0 Å². The lowest BCUT2D eigenvalue weighted by Gasteiger charge is -2.21. The second-order valence-corrected chi connectivity index (χ2v) is 5.56. The number of amides is 1. The Kier molecular flexibility index (Phi) is 7.59. The van der Waals surface area contributed by atoms with Crippen LogP contribution in [0.1, 0.15) is 40.5 Å². The predicted octanol–water partition coefficient (Wildman–Crippen LogP) is 1.22. The van der Waals surface area contributed by atoms with Crippen LogP contribution < -0.4 is 11.1 Å². The molecule has 0 aliphatic heterocycles. The van der Waals surface area contributed by atoms with Gasteiger partial charge in [-0.15, -0.1) is 0 Å². The lowest BCUT2D eigenvalue weighted by molar-refractivity contribution is -0.143. The van der Waals surface area contributed by atoms with Crippen molar-refractivity contribution in [1.82, 2.24) is 5.32 Å². The molecule has 2 atom stereocenters. The Hall–Kier alpha value is -1.10. The maximum atomic E-state index is 11.8. The SMILES string of the molecule is CC(C)C[C@H](CN)CC(=O)NC(C(=O)O)C(C)C. The summed E-state index contributed by atoms with van der Waals surface area (Å²) in [5.41, 5.74) is 5.62. The number of carbonyl (C=O) groups excluding carboxylic acids is 1. The summed E-state index contributed by atoms with van der Waals surface area (Å²) < 4.78 is 0. The van der Waals surface area contributed by atoms with Gasteiger partial charge < -0.3 is 16.2 Å². The smallest absolute Gasteiger partial charge is 0.326 e. The van der Waals surface area contributed by atoms with Gasteiger partial charge in [-0.3, -0.25) is 4.79 Å². The van der Waals surface area contributed by atoms with Gasteiger partial charge in [0, 0.05) is 6.42 Å². The molecule has 0 bridgehead atoms. The predicted molar refractivity (Wildman–Crippen MR) is 71.0 cm³/mol. The normalized spacial score (nSPS) is 14.6. The maximum absolute atomic E-state index is 11.8. The van der Waals surface area contributed by atoms with Crippen molar-refractivity contribution < 1.29 is 14.7 Å². The Bertz CT molecular complexity index is 277. The largest absolute Gasteiger partial charge is 0.480 e. The number of rotatable bonds is 8. The van der Waals surface area contributed by atoms with E-state index in [4.69, 9.17) is 10.8 Å².